The van der Waals surface area contributed by atoms with Crippen molar-refractivity contribution in [3.63, 3.8) is 0 Å². The number of anilines is 2. The summed E-state index contributed by atoms with van der Waals surface area (Å²) >= 11 is 0. The molecule has 0 aromatic heterocycles. The van der Waals surface area contributed by atoms with Crippen LogP contribution in [0.1, 0.15) is 16.7 Å². The number of benzene rings is 3. The highest BCUT2D eigenvalue weighted by Crippen LogP contribution is 2.44. The SMILES string of the molecule is COc1ccc(NC(=O)CN2C(=O)[C@@](O)(c3cccc(C)c3)c3ccccc32)cc1OC. The molecule has 0 fully saturated rings. The average molecular weight is 432 g/mol. The molecule has 7 nitrogen and oxygen atoms in total. The molecular weight excluding hydrogens is 408 g/mol. The van der Waals surface area contributed by atoms with Gasteiger partial charge in [-0.2, -0.15) is 0 Å². The summed E-state index contributed by atoms with van der Waals surface area (Å²) in [7, 11) is 3.04. The van der Waals surface area contributed by atoms with Gasteiger partial charge in [0.15, 0.2) is 17.1 Å². The summed E-state index contributed by atoms with van der Waals surface area (Å²) in [6.07, 6.45) is 0. The molecule has 1 aliphatic heterocycles. The van der Waals surface area contributed by atoms with Gasteiger partial charge in [-0.05, 0) is 30.7 Å². The zero-order valence-electron chi connectivity index (χ0n) is 18.1. The number of amides is 2. The Labute approximate surface area is 186 Å². The fraction of sp³-hybridized carbons (Fsp3) is 0.200. The Balaban J connectivity index is 1.62. The monoisotopic (exact) mass is 432 g/mol. The highest BCUT2D eigenvalue weighted by molar-refractivity contribution is 6.12. The number of carbonyl (C=O) groups is 2. The Morgan fingerprint density at radius 3 is 2.47 bits per heavy atom. The molecule has 1 heterocycles. The minimum Gasteiger partial charge on any atom is -0.493 e. The van der Waals surface area contributed by atoms with Gasteiger partial charge in [-0.25, -0.2) is 0 Å². The quantitative estimate of drug-likeness (QED) is 0.624. The number of hydrogen-bond acceptors (Lipinski definition) is 5. The van der Waals surface area contributed by atoms with Gasteiger partial charge < -0.3 is 19.9 Å². The molecule has 0 radical (unpaired) electrons. The zero-order valence-corrected chi connectivity index (χ0v) is 18.1. The molecule has 0 saturated heterocycles. The molecule has 3 aromatic carbocycles. The number of fused-ring (bicyclic) bond motifs is 1. The van der Waals surface area contributed by atoms with Crippen molar-refractivity contribution in [3.05, 3.63) is 83.4 Å². The second-order valence-corrected chi connectivity index (χ2v) is 7.61. The number of methoxy groups -OCH3 is 2. The van der Waals surface area contributed by atoms with Crippen molar-refractivity contribution >= 4 is 23.2 Å². The van der Waals surface area contributed by atoms with E-state index in [-0.39, 0.29) is 6.54 Å². The van der Waals surface area contributed by atoms with E-state index in [0.717, 1.165) is 5.56 Å². The summed E-state index contributed by atoms with van der Waals surface area (Å²) in [4.78, 5) is 27.6. The standard InChI is InChI=1S/C25H24N2O5/c1-16-7-6-8-17(13-16)25(30)19-9-4-5-10-20(19)27(24(25)29)15-23(28)26-18-11-12-21(31-2)22(14-18)32-3/h4-14,30H,15H2,1-3H3,(H,26,28)/t25-/m1/s1. The highest BCUT2D eigenvalue weighted by atomic mass is 16.5. The number of ether oxygens (including phenoxy) is 2. The van der Waals surface area contributed by atoms with Crippen molar-refractivity contribution in [2.45, 2.75) is 12.5 Å². The fourth-order valence-electron chi connectivity index (χ4n) is 4.00. The lowest BCUT2D eigenvalue weighted by Crippen LogP contribution is -2.44. The third-order valence-electron chi connectivity index (χ3n) is 5.54. The van der Waals surface area contributed by atoms with E-state index >= 15 is 0 Å². The summed E-state index contributed by atoms with van der Waals surface area (Å²) in [6, 6.07) is 19.2. The zero-order chi connectivity index (χ0) is 22.9. The number of nitrogens with one attached hydrogen (secondary N) is 1. The summed E-state index contributed by atoms with van der Waals surface area (Å²) < 4.78 is 10.5. The Morgan fingerprint density at radius 1 is 1.00 bits per heavy atom. The smallest absolute Gasteiger partial charge is 0.268 e. The Bertz CT molecular complexity index is 1190. The van der Waals surface area contributed by atoms with Crippen molar-refractivity contribution in [1.82, 2.24) is 0 Å². The van der Waals surface area contributed by atoms with E-state index in [0.29, 0.717) is 34.0 Å². The Kier molecular flexibility index (Phi) is 5.59. The molecule has 1 aliphatic rings. The molecule has 7 heteroatoms. The van der Waals surface area contributed by atoms with E-state index in [1.54, 1.807) is 60.7 Å². The maximum atomic E-state index is 13.4. The van der Waals surface area contributed by atoms with Crippen LogP contribution in [-0.2, 0) is 15.2 Å². The molecule has 2 N–H and O–H groups in total. The van der Waals surface area contributed by atoms with Crippen LogP contribution >= 0.6 is 0 Å². The predicted octanol–water partition coefficient (Wildman–Crippen LogP) is 3.23. The van der Waals surface area contributed by atoms with Crippen LogP contribution in [0.2, 0.25) is 0 Å². The first-order valence-corrected chi connectivity index (χ1v) is 10.1. The highest BCUT2D eigenvalue weighted by Gasteiger charge is 2.51. The second kappa shape index (κ2) is 8.36. The molecule has 3 aromatic rings. The van der Waals surface area contributed by atoms with Gasteiger partial charge in [-0.3, -0.25) is 14.5 Å². The summed E-state index contributed by atoms with van der Waals surface area (Å²) in [5, 5.41) is 14.3. The van der Waals surface area contributed by atoms with Gasteiger partial charge in [0.05, 0.1) is 19.9 Å². The number of carbonyl (C=O) groups excluding carboxylic acids is 2. The summed E-state index contributed by atoms with van der Waals surface area (Å²) in [5.41, 5.74) is 0.996. The number of aliphatic hydroxyl groups is 1. The molecule has 0 saturated carbocycles. The minimum atomic E-state index is -1.85. The number of rotatable bonds is 6. The lowest BCUT2D eigenvalue weighted by Gasteiger charge is -2.24. The van der Waals surface area contributed by atoms with Crippen molar-refractivity contribution in [2.75, 3.05) is 31.0 Å². The Hall–Kier alpha value is -3.84. The predicted molar refractivity (Wildman–Crippen MR) is 121 cm³/mol. The van der Waals surface area contributed by atoms with Crippen LogP contribution in [-0.4, -0.2) is 37.7 Å². The van der Waals surface area contributed by atoms with Crippen LogP contribution in [0.15, 0.2) is 66.7 Å². The third kappa shape index (κ3) is 3.56. The topological polar surface area (TPSA) is 88.1 Å². The first-order valence-electron chi connectivity index (χ1n) is 10.1. The molecule has 0 aliphatic carbocycles. The van der Waals surface area contributed by atoms with Gasteiger partial charge in [-0.1, -0.05) is 48.0 Å². The molecule has 164 valence electrons. The minimum absolute atomic E-state index is 0.252. The number of nitrogens with zero attached hydrogens (tertiary/aromatic N) is 1. The van der Waals surface area contributed by atoms with Crippen LogP contribution in [0.4, 0.5) is 11.4 Å². The molecule has 0 unspecified atom stereocenters. The van der Waals surface area contributed by atoms with E-state index in [1.807, 2.05) is 13.0 Å². The molecular formula is C25H24N2O5. The van der Waals surface area contributed by atoms with Crippen LogP contribution in [0.25, 0.3) is 0 Å². The summed E-state index contributed by atoms with van der Waals surface area (Å²) in [6.45, 7) is 1.64. The molecule has 2 amide bonds. The van der Waals surface area contributed by atoms with Gasteiger partial charge in [0.25, 0.3) is 5.91 Å². The molecule has 4 rings (SSSR count). The molecule has 0 spiro atoms. The van der Waals surface area contributed by atoms with E-state index in [4.69, 9.17) is 9.47 Å². The third-order valence-corrected chi connectivity index (χ3v) is 5.54. The van der Waals surface area contributed by atoms with Crippen molar-refractivity contribution in [1.29, 1.82) is 0 Å². The van der Waals surface area contributed by atoms with Crippen LogP contribution in [0, 0.1) is 6.92 Å². The first-order chi connectivity index (χ1) is 15.4. The van der Waals surface area contributed by atoms with E-state index in [2.05, 4.69) is 5.32 Å². The van der Waals surface area contributed by atoms with Crippen LogP contribution < -0.4 is 19.7 Å². The lowest BCUT2D eigenvalue weighted by atomic mass is 9.87. The van der Waals surface area contributed by atoms with Gasteiger partial charge >= 0.3 is 0 Å². The number of aryl methyl sites for hydroxylation is 1. The molecule has 0 bridgehead atoms. The number of hydrogen-bond donors (Lipinski definition) is 2. The largest absolute Gasteiger partial charge is 0.493 e. The first kappa shape index (κ1) is 21.4. The van der Waals surface area contributed by atoms with Crippen LogP contribution in [0.5, 0.6) is 11.5 Å². The maximum absolute atomic E-state index is 13.4. The normalized spacial score (nSPS) is 17.1. The Morgan fingerprint density at radius 2 is 1.75 bits per heavy atom. The van der Waals surface area contributed by atoms with Gasteiger partial charge in [0.1, 0.15) is 6.54 Å². The van der Waals surface area contributed by atoms with Gasteiger partial charge in [0, 0.05) is 17.3 Å². The van der Waals surface area contributed by atoms with Crippen molar-refractivity contribution in [3.8, 4) is 11.5 Å². The fourth-order valence-corrected chi connectivity index (χ4v) is 4.00. The average Bonchev–Trinajstić information content (AvgIpc) is 3.02. The van der Waals surface area contributed by atoms with Crippen LogP contribution in [0.3, 0.4) is 0 Å². The molecule has 32 heavy (non-hydrogen) atoms. The van der Waals surface area contributed by atoms with Gasteiger partial charge in [0.2, 0.25) is 5.91 Å². The van der Waals surface area contributed by atoms with E-state index in [9.17, 15) is 14.7 Å². The van der Waals surface area contributed by atoms with Crippen molar-refractivity contribution < 1.29 is 24.2 Å². The second-order valence-electron chi connectivity index (χ2n) is 7.61. The van der Waals surface area contributed by atoms with E-state index in [1.165, 1.54) is 19.1 Å². The maximum Gasteiger partial charge on any atom is 0.268 e. The van der Waals surface area contributed by atoms with Gasteiger partial charge in [-0.15, -0.1) is 0 Å². The molecule has 1 atom stereocenters. The number of para-hydroxylation sites is 1. The lowest BCUT2D eigenvalue weighted by molar-refractivity contribution is -0.133. The van der Waals surface area contributed by atoms with E-state index < -0.39 is 17.4 Å². The summed E-state index contributed by atoms with van der Waals surface area (Å²) in [5.74, 6) is 0.0414. The van der Waals surface area contributed by atoms with Crippen molar-refractivity contribution in [2.24, 2.45) is 0 Å².